The summed E-state index contributed by atoms with van der Waals surface area (Å²) in [7, 11) is 0. The third-order valence-electron chi connectivity index (χ3n) is 2.61. The zero-order valence-corrected chi connectivity index (χ0v) is 14.3. The smallest absolute Gasteiger partial charge is 0.266 e. The normalized spacial score (nSPS) is 13.5. The zero-order chi connectivity index (χ0) is 15.5. The standard InChI is InChI=1S/C14H13Cl2O3PS/c1-2-18-14-11(15)8-9-12(13(14)16)19-20(17,21)10-6-4-3-5-7-10/h3-9H,2H2,1H3,(H,17,21). The third kappa shape index (κ3) is 3.91. The molecule has 1 unspecified atom stereocenters. The molecule has 0 heterocycles. The first kappa shape index (κ1) is 16.6. The zero-order valence-electron chi connectivity index (χ0n) is 11.1. The summed E-state index contributed by atoms with van der Waals surface area (Å²) in [6, 6.07) is 12.0. The van der Waals surface area contributed by atoms with Crippen LogP contribution in [0.1, 0.15) is 6.92 Å². The van der Waals surface area contributed by atoms with Crippen molar-refractivity contribution in [2.24, 2.45) is 0 Å². The maximum Gasteiger partial charge on any atom is 0.266 e. The quantitative estimate of drug-likeness (QED) is 0.800. The molecule has 0 radical (unpaired) electrons. The fourth-order valence-electron chi connectivity index (χ4n) is 1.66. The second-order valence-electron chi connectivity index (χ2n) is 4.07. The molecular weight excluding hydrogens is 350 g/mol. The maximum absolute atomic E-state index is 10.4. The molecule has 0 bridgehead atoms. The molecule has 21 heavy (non-hydrogen) atoms. The number of hydrogen-bond donors (Lipinski definition) is 1. The summed E-state index contributed by atoms with van der Waals surface area (Å²) >= 11 is 17.4. The van der Waals surface area contributed by atoms with Crippen molar-refractivity contribution in [2.75, 3.05) is 6.61 Å². The minimum Gasteiger partial charge on any atom is -0.491 e. The third-order valence-corrected chi connectivity index (χ3v) is 5.51. The van der Waals surface area contributed by atoms with E-state index in [0.717, 1.165) is 0 Å². The van der Waals surface area contributed by atoms with E-state index in [1.807, 2.05) is 13.0 Å². The van der Waals surface area contributed by atoms with E-state index in [2.05, 4.69) is 0 Å². The molecule has 0 fully saturated rings. The van der Waals surface area contributed by atoms with Crippen molar-refractivity contribution in [3.05, 3.63) is 52.5 Å². The highest BCUT2D eigenvalue weighted by Crippen LogP contribution is 2.48. The average molecular weight is 363 g/mol. The Hall–Kier alpha value is -0.770. The molecule has 0 aliphatic heterocycles. The molecule has 0 aliphatic rings. The van der Waals surface area contributed by atoms with E-state index >= 15 is 0 Å². The molecule has 0 saturated heterocycles. The Kier molecular flexibility index (Phi) is 5.53. The molecule has 3 nitrogen and oxygen atoms in total. The van der Waals surface area contributed by atoms with Crippen LogP contribution in [-0.4, -0.2) is 11.5 Å². The molecule has 2 rings (SSSR count). The minimum atomic E-state index is -3.20. The lowest BCUT2D eigenvalue weighted by Crippen LogP contribution is -2.08. The fourth-order valence-corrected chi connectivity index (χ4v) is 3.92. The van der Waals surface area contributed by atoms with E-state index in [4.69, 9.17) is 44.3 Å². The van der Waals surface area contributed by atoms with Crippen LogP contribution in [0, 0.1) is 0 Å². The molecule has 1 atom stereocenters. The first-order valence-corrected chi connectivity index (χ1v) is 9.57. The molecule has 2 aromatic rings. The Morgan fingerprint density at radius 3 is 2.43 bits per heavy atom. The highest BCUT2D eigenvalue weighted by molar-refractivity contribution is 8.13. The Balaban J connectivity index is 2.36. The van der Waals surface area contributed by atoms with Gasteiger partial charge in [0.2, 0.25) is 0 Å². The van der Waals surface area contributed by atoms with Crippen LogP contribution in [0.4, 0.5) is 0 Å². The first-order chi connectivity index (χ1) is 9.95. The molecule has 2 aromatic carbocycles. The van der Waals surface area contributed by atoms with Crippen LogP contribution in [-0.2, 0) is 11.8 Å². The summed E-state index contributed by atoms with van der Waals surface area (Å²) in [5, 5.41) is 1.12. The first-order valence-electron chi connectivity index (χ1n) is 6.14. The Morgan fingerprint density at radius 2 is 1.81 bits per heavy atom. The van der Waals surface area contributed by atoms with Crippen LogP contribution in [0.3, 0.4) is 0 Å². The predicted octanol–water partition coefficient (Wildman–Crippen LogP) is 4.40. The lowest BCUT2D eigenvalue weighted by atomic mass is 10.3. The highest BCUT2D eigenvalue weighted by Gasteiger charge is 2.22. The maximum atomic E-state index is 10.4. The van der Waals surface area contributed by atoms with Gasteiger partial charge in [0, 0.05) is 5.30 Å². The van der Waals surface area contributed by atoms with E-state index in [1.54, 1.807) is 36.4 Å². The molecule has 1 N–H and O–H groups in total. The summed E-state index contributed by atoms with van der Waals surface area (Å²) < 4.78 is 11.0. The van der Waals surface area contributed by atoms with Crippen LogP contribution < -0.4 is 14.6 Å². The van der Waals surface area contributed by atoms with Gasteiger partial charge in [0.25, 0.3) is 6.49 Å². The van der Waals surface area contributed by atoms with E-state index in [1.165, 1.54) is 0 Å². The van der Waals surface area contributed by atoms with Gasteiger partial charge in [-0.1, -0.05) is 41.4 Å². The summed E-state index contributed by atoms with van der Waals surface area (Å²) in [5.74, 6) is 0.570. The monoisotopic (exact) mass is 362 g/mol. The number of benzene rings is 2. The second-order valence-corrected chi connectivity index (χ2v) is 8.08. The van der Waals surface area contributed by atoms with Gasteiger partial charge in [-0.3, -0.25) is 0 Å². The molecule has 0 saturated carbocycles. The highest BCUT2D eigenvalue weighted by atomic mass is 35.5. The molecule has 112 valence electrons. The molecule has 0 spiro atoms. The Bertz CT molecular complexity index is 679. The molecule has 0 amide bonds. The van der Waals surface area contributed by atoms with Gasteiger partial charge in [0.15, 0.2) is 5.75 Å². The number of halogens is 2. The lowest BCUT2D eigenvalue weighted by Gasteiger charge is -2.19. The minimum absolute atomic E-state index is 0.198. The topological polar surface area (TPSA) is 38.7 Å². The molecule has 0 aliphatic carbocycles. The fraction of sp³-hybridized carbons (Fsp3) is 0.143. The number of rotatable bonds is 5. The average Bonchev–Trinajstić information content (AvgIpc) is 2.47. The van der Waals surface area contributed by atoms with E-state index < -0.39 is 6.49 Å². The Labute approximate surface area is 138 Å². The van der Waals surface area contributed by atoms with Gasteiger partial charge in [-0.2, -0.15) is 0 Å². The lowest BCUT2D eigenvalue weighted by molar-refractivity contribution is 0.339. The van der Waals surface area contributed by atoms with Crippen molar-refractivity contribution in [1.29, 1.82) is 0 Å². The van der Waals surface area contributed by atoms with Crippen LogP contribution in [0.15, 0.2) is 42.5 Å². The summed E-state index contributed by atoms with van der Waals surface area (Å²) in [6.45, 7) is -0.966. The van der Waals surface area contributed by atoms with Crippen LogP contribution in [0.5, 0.6) is 11.5 Å². The van der Waals surface area contributed by atoms with Crippen LogP contribution in [0.25, 0.3) is 0 Å². The van der Waals surface area contributed by atoms with Gasteiger partial charge in [0.1, 0.15) is 10.8 Å². The molecular formula is C14H13Cl2O3PS. The summed E-state index contributed by atoms with van der Waals surface area (Å²) in [5.41, 5.74) is 0. The largest absolute Gasteiger partial charge is 0.491 e. The van der Waals surface area contributed by atoms with E-state index in [0.29, 0.717) is 22.7 Å². The van der Waals surface area contributed by atoms with Gasteiger partial charge in [-0.05, 0) is 43.0 Å². The summed E-state index contributed by atoms with van der Waals surface area (Å²) in [4.78, 5) is 10.4. The SMILES string of the molecule is CCOc1c(Cl)ccc(OP(O)(=S)c2ccccc2)c1Cl. The number of hydrogen-bond acceptors (Lipinski definition) is 3. The molecule has 7 heteroatoms. The van der Waals surface area contributed by atoms with Crippen molar-refractivity contribution in [3.8, 4) is 11.5 Å². The van der Waals surface area contributed by atoms with E-state index in [9.17, 15) is 4.89 Å². The van der Waals surface area contributed by atoms with Crippen LogP contribution >= 0.6 is 29.7 Å². The van der Waals surface area contributed by atoms with Gasteiger partial charge in [-0.15, -0.1) is 0 Å². The van der Waals surface area contributed by atoms with Crippen molar-refractivity contribution < 1.29 is 14.2 Å². The predicted molar refractivity (Wildman–Crippen MR) is 90.8 cm³/mol. The number of ether oxygens (including phenoxy) is 1. The van der Waals surface area contributed by atoms with Crippen molar-refractivity contribution >= 4 is 46.8 Å². The van der Waals surface area contributed by atoms with Gasteiger partial charge >= 0.3 is 0 Å². The van der Waals surface area contributed by atoms with Gasteiger partial charge in [-0.25, -0.2) is 0 Å². The van der Waals surface area contributed by atoms with Gasteiger partial charge in [0.05, 0.1) is 11.6 Å². The van der Waals surface area contributed by atoms with Crippen molar-refractivity contribution in [2.45, 2.75) is 6.92 Å². The van der Waals surface area contributed by atoms with Crippen molar-refractivity contribution in [3.63, 3.8) is 0 Å². The van der Waals surface area contributed by atoms with Crippen molar-refractivity contribution in [1.82, 2.24) is 0 Å². The van der Waals surface area contributed by atoms with Crippen LogP contribution in [0.2, 0.25) is 10.0 Å². The van der Waals surface area contributed by atoms with E-state index in [-0.39, 0.29) is 10.8 Å². The molecule has 0 aromatic heterocycles. The summed E-state index contributed by atoms with van der Waals surface area (Å²) in [6.07, 6.45) is 0. The Morgan fingerprint density at radius 1 is 1.14 bits per heavy atom. The second kappa shape index (κ2) is 6.99. The van der Waals surface area contributed by atoms with Gasteiger partial charge < -0.3 is 14.2 Å².